The number of fused-ring (bicyclic) bond motifs is 1. The van der Waals surface area contributed by atoms with Crippen LogP contribution in [-0.4, -0.2) is 10.9 Å². The Morgan fingerprint density at radius 3 is 2.76 bits per heavy atom. The Labute approximate surface area is 125 Å². The molecule has 0 saturated heterocycles. The monoisotopic (exact) mass is 300 g/mol. The zero-order chi connectivity index (χ0) is 14.8. The quantitative estimate of drug-likeness (QED) is 0.718. The average Bonchev–Trinajstić information content (AvgIpc) is 2.50. The Morgan fingerprint density at radius 2 is 1.90 bits per heavy atom. The van der Waals surface area contributed by atoms with E-state index >= 15 is 0 Å². The summed E-state index contributed by atoms with van der Waals surface area (Å²) in [7, 11) is 0. The van der Waals surface area contributed by atoms with E-state index in [1.807, 2.05) is 36.4 Å². The van der Waals surface area contributed by atoms with Crippen molar-refractivity contribution in [3.63, 3.8) is 0 Å². The van der Waals surface area contributed by atoms with Gasteiger partial charge in [-0.2, -0.15) is 0 Å². The van der Waals surface area contributed by atoms with Crippen LogP contribution in [0.25, 0.3) is 10.8 Å². The molecule has 3 aromatic rings. The Bertz CT molecular complexity index is 830. The van der Waals surface area contributed by atoms with Gasteiger partial charge in [0.25, 0.3) is 5.91 Å². The first-order valence-electron chi connectivity index (χ1n) is 6.25. The number of hydrogen-bond acceptors (Lipinski definition) is 2. The van der Waals surface area contributed by atoms with E-state index in [2.05, 4.69) is 10.3 Å². The summed E-state index contributed by atoms with van der Waals surface area (Å²) in [4.78, 5) is 15.9. The predicted molar refractivity (Wildman–Crippen MR) is 81.1 cm³/mol. The van der Waals surface area contributed by atoms with Gasteiger partial charge in [-0.1, -0.05) is 48.0 Å². The summed E-state index contributed by atoms with van der Waals surface area (Å²) in [5, 5.41) is 4.60. The molecule has 3 nitrogen and oxygen atoms in total. The van der Waals surface area contributed by atoms with Crippen LogP contribution < -0.4 is 5.32 Å². The van der Waals surface area contributed by atoms with Crippen LogP contribution in [0.2, 0.25) is 5.15 Å². The summed E-state index contributed by atoms with van der Waals surface area (Å²) >= 11 is 5.84. The highest BCUT2D eigenvalue weighted by atomic mass is 35.5. The van der Waals surface area contributed by atoms with Crippen LogP contribution in [0.4, 0.5) is 10.1 Å². The molecular weight excluding hydrogens is 291 g/mol. The lowest BCUT2D eigenvalue weighted by molar-refractivity contribution is 0.102. The van der Waals surface area contributed by atoms with Crippen molar-refractivity contribution < 1.29 is 9.18 Å². The maximum absolute atomic E-state index is 13.2. The smallest absolute Gasteiger partial charge is 0.258 e. The van der Waals surface area contributed by atoms with Gasteiger partial charge in [0.2, 0.25) is 0 Å². The maximum Gasteiger partial charge on any atom is 0.258 e. The minimum Gasteiger partial charge on any atom is -0.321 e. The van der Waals surface area contributed by atoms with Gasteiger partial charge in [0.05, 0.1) is 11.8 Å². The SMILES string of the molecule is O=C(Nc1cccc2ccccc12)c1cc(F)cnc1Cl. The minimum atomic E-state index is -0.609. The maximum atomic E-state index is 13.2. The molecule has 0 fully saturated rings. The summed E-state index contributed by atoms with van der Waals surface area (Å²) in [6, 6.07) is 14.3. The molecule has 21 heavy (non-hydrogen) atoms. The zero-order valence-corrected chi connectivity index (χ0v) is 11.6. The number of halogens is 2. The number of rotatable bonds is 2. The highest BCUT2D eigenvalue weighted by molar-refractivity contribution is 6.33. The van der Waals surface area contributed by atoms with E-state index < -0.39 is 11.7 Å². The second kappa shape index (κ2) is 5.50. The Kier molecular flexibility index (Phi) is 3.54. The highest BCUT2D eigenvalue weighted by Gasteiger charge is 2.14. The number of pyridine rings is 1. The zero-order valence-electron chi connectivity index (χ0n) is 10.8. The van der Waals surface area contributed by atoms with Gasteiger partial charge in [-0.15, -0.1) is 0 Å². The van der Waals surface area contributed by atoms with E-state index in [9.17, 15) is 9.18 Å². The van der Waals surface area contributed by atoms with Crippen LogP contribution in [0.3, 0.4) is 0 Å². The first kappa shape index (κ1) is 13.5. The van der Waals surface area contributed by atoms with E-state index in [4.69, 9.17) is 11.6 Å². The van der Waals surface area contributed by atoms with E-state index in [1.54, 1.807) is 6.07 Å². The summed E-state index contributed by atoms with van der Waals surface area (Å²) in [6.07, 6.45) is 0.969. The van der Waals surface area contributed by atoms with Gasteiger partial charge in [-0.3, -0.25) is 4.79 Å². The number of nitrogens with zero attached hydrogens (tertiary/aromatic N) is 1. The topological polar surface area (TPSA) is 42.0 Å². The molecule has 3 rings (SSSR count). The van der Waals surface area contributed by atoms with Gasteiger partial charge in [0.15, 0.2) is 0 Å². The third-order valence-electron chi connectivity index (χ3n) is 3.09. The average molecular weight is 301 g/mol. The fraction of sp³-hybridized carbons (Fsp3) is 0. The van der Waals surface area contributed by atoms with Gasteiger partial charge in [0, 0.05) is 11.1 Å². The van der Waals surface area contributed by atoms with Gasteiger partial charge >= 0.3 is 0 Å². The number of nitrogens with one attached hydrogen (secondary N) is 1. The molecule has 0 radical (unpaired) electrons. The molecule has 0 saturated carbocycles. The molecule has 1 heterocycles. The number of benzene rings is 2. The number of hydrogen-bond donors (Lipinski definition) is 1. The molecule has 0 bridgehead atoms. The number of carbonyl (C=O) groups is 1. The van der Waals surface area contributed by atoms with Crippen molar-refractivity contribution in [1.29, 1.82) is 0 Å². The lowest BCUT2D eigenvalue weighted by Crippen LogP contribution is -2.13. The molecule has 5 heteroatoms. The van der Waals surface area contributed by atoms with Crippen LogP contribution in [0, 0.1) is 5.82 Å². The van der Waals surface area contributed by atoms with Crippen LogP contribution in [0.5, 0.6) is 0 Å². The lowest BCUT2D eigenvalue weighted by atomic mass is 10.1. The fourth-order valence-electron chi connectivity index (χ4n) is 2.11. The second-order valence-electron chi connectivity index (χ2n) is 4.47. The largest absolute Gasteiger partial charge is 0.321 e. The molecule has 0 aliphatic rings. The first-order chi connectivity index (χ1) is 10.1. The van der Waals surface area contributed by atoms with E-state index in [0.29, 0.717) is 5.69 Å². The molecule has 0 unspecified atom stereocenters. The third-order valence-corrected chi connectivity index (χ3v) is 3.39. The Hall–Kier alpha value is -2.46. The number of anilines is 1. The standard InChI is InChI=1S/C16H10ClFN2O/c17-15-13(8-11(18)9-19-15)16(21)20-14-7-3-5-10-4-1-2-6-12(10)14/h1-9H,(H,20,21). The minimum absolute atomic E-state index is 0.00426. The fourth-order valence-corrected chi connectivity index (χ4v) is 2.30. The number of carbonyl (C=O) groups excluding carboxylic acids is 1. The third kappa shape index (κ3) is 2.71. The van der Waals surface area contributed by atoms with Gasteiger partial charge < -0.3 is 5.32 Å². The Morgan fingerprint density at radius 1 is 1.14 bits per heavy atom. The van der Waals surface area contributed by atoms with E-state index in [0.717, 1.165) is 23.0 Å². The summed E-state index contributed by atoms with van der Waals surface area (Å²) < 4.78 is 13.2. The van der Waals surface area contributed by atoms with Crippen molar-refractivity contribution in [2.24, 2.45) is 0 Å². The predicted octanol–water partition coefficient (Wildman–Crippen LogP) is 4.28. The van der Waals surface area contributed by atoms with Crippen molar-refractivity contribution in [2.45, 2.75) is 0 Å². The molecule has 2 aromatic carbocycles. The molecule has 1 N–H and O–H groups in total. The lowest BCUT2D eigenvalue weighted by Gasteiger charge is -2.09. The van der Waals surface area contributed by atoms with Gasteiger partial charge in [-0.05, 0) is 17.5 Å². The molecule has 1 aromatic heterocycles. The summed E-state index contributed by atoms with van der Waals surface area (Å²) in [5.41, 5.74) is 0.642. The molecule has 0 atom stereocenters. The van der Waals surface area contributed by atoms with Crippen molar-refractivity contribution in [3.05, 3.63) is 71.3 Å². The van der Waals surface area contributed by atoms with E-state index in [-0.39, 0.29) is 10.7 Å². The van der Waals surface area contributed by atoms with Crippen LogP contribution in [0.15, 0.2) is 54.7 Å². The van der Waals surface area contributed by atoms with Crippen molar-refractivity contribution in [3.8, 4) is 0 Å². The van der Waals surface area contributed by atoms with Crippen LogP contribution in [0.1, 0.15) is 10.4 Å². The highest BCUT2D eigenvalue weighted by Crippen LogP contribution is 2.24. The van der Waals surface area contributed by atoms with Crippen LogP contribution in [-0.2, 0) is 0 Å². The normalized spacial score (nSPS) is 10.6. The van der Waals surface area contributed by atoms with Gasteiger partial charge in [-0.25, -0.2) is 9.37 Å². The molecule has 0 aliphatic heterocycles. The number of amides is 1. The van der Waals surface area contributed by atoms with Crippen molar-refractivity contribution in [2.75, 3.05) is 5.32 Å². The van der Waals surface area contributed by atoms with Gasteiger partial charge in [0.1, 0.15) is 11.0 Å². The first-order valence-corrected chi connectivity index (χ1v) is 6.63. The second-order valence-corrected chi connectivity index (χ2v) is 4.83. The number of aromatic nitrogens is 1. The molecular formula is C16H10ClFN2O. The van der Waals surface area contributed by atoms with Crippen molar-refractivity contribution >= 4 is 34.0 Å². The molecule has 104 valence electrons. The van der Waals surface area contributed by atoms with Crippen LogP contribution >= 0.6 is 11.6 Å². The summed E-state index contributed by atoms with van der Waals surface area (Å²) in [5.74, 6) is -1.11. The summed E-state index contributed by atoms with van der Waals surface area (Å²) in [6.45, 7) is 0. The van der Waals surface area contributed by atoms with E-state index in [1.165, 1.54) is 0 Å². The molecule has 0 aliphatic carbocycles. The van der Waals surface area contributed by atoms with Crippen molar-refractivity contribution in [1.82, 2.24) is 4.98 Å². The Balaban J connectivity index is 1.99. The molecule has 0 spiro atoms. The molecule has 1 amide bonds.